The number of H-pyrrole nitrogens is 1. The van der Waals surface area contributed by atoms with Crippen molar-refractivity contribution < 1.29 is 9.53 Å². The van der Waals surface area contributed by atoms with E-state index >= 15 is 0 Å². The molecule has 0 spiro atoms. The molecule has 0 fully saturated rings. The zero-order chi connectivity index (χ0) is 17.9. The number of hydrogen-bond acceptors (Lipinski definition) is 3. The van der Waals surface area contributed by atoms with Crippen LogP contribution in [0.5, 0.6) is 5.75 Å². The molecule has 0 aliphatic heterocycles. The maximum Gasteiger partial charge on any atom is 0.221 e. The number of amides is 1. The second kappa shape index (κ2) is 6.88. The van der Waals surface area contributed by atoms with Gasteiger partial charge in [0.05, 0.1) is 17.8 Å². The van der Waals surface area contributed by atoms with Gasteiger partial charge in [0, 0.05) is 42.0 Å². The second-order valence-electron chi connectivity index (χ2n) is 6.22. The van der Waals surface area contributed by atoms with Crippen LogP contribution in [0.15, 0.2) is 60.9 Å². The van der Waals surface area contributed by atoms with E-state index in [1.807, 2.05) is 42.6 Å². The fraction of sp³-hybridized carbons (Fsp3) is 0.143. The third kappa shape index (κ3) is 3.37. The molecule has 0 aliphatic rings. The molecule has 2 heterocycles. The molecular formula is C21H19N3O2. The Balaban J connectivity index is 1.45. The first-order valence-corrected chi connectivity index (χ1v) is 8.54. The number of benzene rings is 2. The fourth-order valence-corrected chi connectivity index (χ4v) is 3.05. The minimum absolute atomic E-state index is 0.0783. The van der Waals surface area contributed by atoms with Gasteiger partial charge in [-0.3, -0.25) is 9.78 Å². The monoisotopic (exact) mass is 345 g/mol. The summed E-state index contributed by atoms with van der Waals surface area (Å²) in [6, 6.07) is 16.1. The first-order valence-electron chi connectivity index (χ1n) is 8.54. The minimum atomic E-state index is -0.0783. The lowest BCUT2D eigenvalue weighted by Crippen LogP contribution is -2.05. The Kier molecular flexibility index (Phi) is 4.27. The van der Waals surface area contributed by atoms with Gasteiger partial charge in [0.2, 0.25) is 5.91 Å². The van der Waals surface area contributed by atoms with Crippen LogP contribution in [-0.4, -0.2) is 22.5 Å². The van der Waals surface area contributed by atoms with Crippen LogP contribution in [0.3, 0.4) is 0 Å². The molecule has 0 atom stereocenters. The van der Waals surface area contributed by atoms with E-state index in [-0.39, 0.29) is 5.91 Å². The molecular weight excluding hydrogens is 326 g/mol. The van der Waals surface area contributed by atoms with Crippen molar-refractivity contribution in [2.75, 3.05) is 11.9 Å². The number of pyridine rings is 1. The molecule has 2 N–H and O–H groups in total. The number of fused-ring (bicyclic) bond motifs is 2. The summed E-state index contributed by atoms with van der Waals surface area (Å²) in [5, 5.41) is 4.92. The third-order valence-electron chi connectivity index (χ3n) is 4.29. The van der Waals surface area contributed by atoms with Gasteiger partial charge in [-0.1, -0.05) is 12.1 Å². The highest BCUT2D eigenvalue weighted by atomic mass is 16.5. The number of rotatable bonds is 5. The van der Waals surface area contributed by atoms with Crippen LogP contribution >= 0.6 is 0 Å². The van der Waals surface area contributed by atoms with E-state index in [1.165, 1.54) is 6.92 Å². The van der Waals surface area contributed by atoms with Crippen LogP contribution < -0.4 is 10.1 Å². The number of aromatic nitrogens is 2. The average molecular weight is 345 g/mol. The Morgan fingerprint density at radius 3 is 3.00 bits per heavy atom. The summed E-state index contributed by atoms with van der Waals surface area (Å²) in [5.74, 6) is 0.762. The van der Waals surface area contributed by atoms with Crippen molar-refractivity contribution >= 4 is 33.4 Å². The molecule has 4 rings (SSSR count). The molecule has 0 bridgehead atoms. The third-order valence-corrected chi connectivity index (χ3v) is 4.29. The molecule has 2 aromatic heterocycles. The Hall–Kier alpha value is -3.34. The zero-order valence-electron chi connectivity index (χ0n) is 14.5. The van der Waals surface area contributed by atoms with Crippen molar-refractivity contribution in [2.24, 2.45) is 0 Å². The van der Waals surface area contributed by atoms with Crippen LogP contribution in [-0.2, 0) is 11.2 Å². The van der Waals surface area contributed by atoms with Crippen LogP contribution in [0.25, 0.3) is 21.8 Å². The average Bonchev–Trinajstić information content (AvgIpc) is 3.03. The van der Waals surface area contributed by atoms with Crippen LogP contribution in [0.2, 0.25) is 0 Å². The van der Waals surface area contributed by atoms with Gasteiger partial charge in [-0.15, -0.1) is 0 Å². The number of ether oxygens (including phenoxy) is 1. The Labute approximate surface area is 151 Å². The number of hydrogen-bond donors (Lipinski definition) is 2. The summed E-state index contributed by atoms with van der Waals surface area (Å²) in [6.07, 6.45) is 4.39. The molecule has 0 unspecified atom stereocenters. The van der Waals surface area contributed by atoms with Gasteiger partial charge in [-0.2, -0.15) is 0 Å². The smallest absolute Gasteiger partial charge is 0.221 e. The lowest BCUT2D eigenvalue weighted by atomic mass is 10.1. The minimum Gasteiger partial charge on any atom is -0.493 e. The quantitative estimate of drug-likeness (QED) is 0.567. The predicted octanol–water partition coefficient (Wildman–Crippen LogP) is 4.30. The van der Waals surface area contributed by atoms with E-state index in [4.69, 9.17) is 4.74 Å². The second-order valence-corrected chi connectivity index (χ2v) is 6.22. The highest BCUT2D eigenvalue weighted by Gasteiger charge is 2.06. The maximum atomic E-state index is 11.3. The number of anilines is 1. The fourth-order valence-electron chi connectivity index (χ4n) is 3.05. The van der Waals surface area contributed by atoms with E-state index in [1.54, 1.807) is 6.20 Å². The molecule has 26 heavy (non-hydrogen) atoms. The van der Waals surface area contributed by atoms with Crippen molar-refractivity contribution in [3.05, 3.63) is 66.5 Å². The topological polar surface area (TPSA) is 67.0 Å². The van der Waals surface area contributed by atoms with Gasteiger partial charge < -0.3 is 15.0 Å². The zero-order valence-corrected chi connectivity index (χ0v) is 14.5. The van der Waals surface area contributed by atoms with Crippen molar-refractivity contribution in [3.63, 3.8) is 0 Å². The first kappa shape index (κ1) is 16.1. The molecule has 0 saturated heterocycles. The number of carbonyl (C=O) groups excluding carboxylic acids is 1. The predicted molar refractivity (Wildman–Crippen MR) is 104 cm³/mol. The van der Waals surface area contributed by atoms with Crippen LogP contribution in [0.4, 0.5) is 5.69 Å². The van der Waals surface area contributed by atoms with Gasteiger partial charge in [0.1, 0.15) is 5.75 Å². The molecule has 0 saturated carbocycles. The lowest BCUT2D eigenvalue weighted by Gasteiger charge is -2.08. The van der Waals surface area contributed by atoms with Gasteiger partial charge in [0.15, 0.2) is 0 Å². The number of carbonyl (C=O) groups is 1. The van der Waals surface area contributed by atoms with Gasteiger partial charge >= 0.3 is 0 Å². The normalized spacial score (nSPS) is 11.0. The Morgan fingerprint density at radius 1 is 1.19 bits per heavy atom. The molecule has 1 amide bonds. The number of aromatic amines is 1. The van der Waals surface area contributed by atoms with Gasteiger partial charge in [-0.25, -0.2) is 0 Å². The molecule has 5 nitrogen and oxygen atoms in total. The van der Waals surface area contributed by atoms with Crippen molar-refractivity contribution in [1.82, 2.24) is 9.97 Å². The van der Waals surface area contributed by atoms with Crippen molar-refractivity contribution in [1.29, 1.82) is 0 Å². The molecule has 0 radical (unpaired) electrons. The Bertz CT molecular complexity index is 1080. The van der Waals surface area contributed by atoms with Crippen LogP contribution in [0, 0.1) is 0 Å². The molecule has 4 aromatic rings. The molecule has 0 aliphatic carbocycles. The van der Waals surface area contributed by atoms with E-state index in [0.717, 1.165) is 45.2 Å². The standard InChI is InChI=1S/C21H19N3O2/c1-14(25)24-21-13-23-20-6-4-15(11-18(20)21)8-10-26-17-5-7-19-16(12-17)3-2-9-22-19/h2-7,9,11-13,23H,8,10H2,1H3,(H,24,25). The summed E-state index contributed by atoms with van der Waals surface area (Å²) in [4.78, 5) is 18.8. The van der Waals surface area contributed by atoms with Gasteiger partial charge in [0.25, 0.3) is 0 Å². The summed E-state index contributed by atoms with van der Waals surface area (Å²) >= 11 is 0. The molecule has 2 aromatic carbocycles. The number of nitrogens with one attached hydrogen (secondary N) is 2. The Morgan fingerprint density at radius 2 is 2.12 bits per heavy atom. The summed E-state index contributed by atoms with van der Waals surface area (Å²) in [5.41, 5.74) is 3.92. The van der Waals surface area contributed by atoms with Gasteiger partial charge in [-0.05, 0) is 42.0 Å². The van der Waals surface area contributed by atoms with E-state index in [2.05, 4.69) is 27.4 Å². The maximum absolute atomic E-state index is 11.3. The summed E-state index contributed by atoms with van der Waals surface area (Å²) < 4.78 is 5.90. The molecule has 130 valence electrons. The van der Waals surface area contributed by atoms with E-state index in [0.29, 0.717) is 6.61 Å². The number of nitrogens with zero attached hydrogens (tertiary/aromatic N) is 1. The summed E-state index contributed by atoms with van der Waals surface area (Å²) in [6.45, 7) is 2.09. The van der Waals surface area contributed by atoms with Crippen molar-refractivity contribution in [2.45, 2.75) is 13.3 Å². The van der Waals surface area contributed by atoms with E-state index in [9.17, 15) is 4.79 Å². The van der Waals surface area contributed by atoms with Crippen LogP contribution in [0.1, 0.15) is 12.5 Å². The van der Waals surface area contributed by atoms with E-state index < -0.39 is 0 Å². The summed E-state index contributed by atoms with van der Waals surface area (Å²) in [7, 11) is 0. The van der Waals surface area contributed by atoms with Crippen molar-refractivity contribution in [3.8, 4) is 5.75 Å². The SMILES string of the molecule is CC(=O)Nc1c[nH]c2ccc(CCOc3ccc4ncccc4c3)cc12. The lowest BCUT2D eigenvalue weighted by molar-refractivity contribution is -0.114. The molecule has 5 heteroatoms. The first-order chi connectivity index (χ1) is 12.7. The highest BCUT2D eigenvalue weighted by Crippen LogP contribution is 2.25. The highest BCUT2D eigenvalue weighted by molar-refractivity contribution is 6.01. The largest absolute Gasteiger partial charge is 0.493 e.